The van der Waals surface area contributed by atoms with Crippen LogP contribution in [0, 0.1) is 0 Å². The lowest BCUT2D eigenvalue weighted by atomic mass is 9.99. The Morgan fingerprint density at radius 1 is 0.810 bits per heavy atom. The summed E-state index contributed by atoms with van der Waals surface area (Å²) in [6.45, 7) is 6.59. The molecule has 0 aromatic heterocycles. The van der Waals surface area contributed by atoms with Crippen molar-refractivity contribution in [2.75, 3.05) is 0 Å². The molecule has 0 N–H and O–H groups in total. The van der Waals surface area contributed by atoms with Crippen molar-refractivity contribution in [3.63, 3.8) is 0 Å². The molecule has 3 rings (SSSR count). The molecule has 108 valence electrons. The lowest BCUT2D eigenvalue weighted by Crippen LogP contribution is -2.19. The van der Waals surface area contributed by atoms with Crippen LogP contribution in [-0.2, 0) is 0 Å². The first-order chi connectivity index (χ1) is 9.98. The maximum atomic E-state index is 7.06. The van der Waals surface area contributed by atoms with Crippen molar-refractivity contribution < 1.29 is 0 Å². The van der Waals surface area contributed by atoms with Crippen LogP contribution in [0.1, 0.15) is 27.9 Å². The van der Waals surface area contributed by atoms with Crippen molar-refractivity contribution in [2.24, 2.45) is 0 Å². The predicted octanol–water partition coefficient (Wildman–Crippen LogP) is 6.73. The average molecular weight is 331 g/mol. The van der Waals surface area contributed by atoms with Gasteiger partial charge in [0.25, 0.3) is 0 Å². The van der Waals surface area contributed by atoms with Crippen molar-refractivity contribution in [3.8, 4) is 0 Å². The fraction of sp³-hybridized carbons (Fsp3) is 0.222. The van der Waals surface area contributed by atoms with E-state index in [0.717, 1.165) is 0 Å². The van der Waals surface area contributed by atoms with Gasteiger partial charge >= 0.3 is 0 Å². The van der Waals surface area contributed by atoms with E-state index in [1.54, 1.807) is 0 Å². The summed E-state index contributed by atoms with van der Waals surface area (Å²) >= 11 is 7.06. The average Bonchev–Trinajstić information content (AvgIpc) is 2.62. The van der Waals surface area contributed by atoms with Crippen molar-refractivity contribution >= 4 is 38.0 Å². The number of fused-ring (bicyclic) bond motifs is 2. The Morgan fingerprint density at radius 2 is 1.24 bits per heavy atom. The highest BCUT2D eigenvalue weighted by molar-refractivity contribution is 8.12. The van der Waals surface area contributed by atoms with Gasteiger partial charge in [0.05, 0.1) is 7.74 Å². The highest BCUT2D eigenvalue weighted by Gasteiger charge is 2.36. The Bertz CT molecular complexity index is 638. The van der Waals surface area contributed by atoms with Gasteiger partial charge in [-0.1, -0.05) is 80.3 Å². The van der Waals surface area contributed by atoms with Gasteiger partial charge in [0.2, 0.25) is 0 Å². The van der Waals surface area contributed by atoms with Crippen molar-refractivity contribution in [1.29, 1.82) is 0 Å². The molecular weight excluding hydrogens is 311 g/mol. The molecule has 1 unspecified atom stereocenters. The molecule has 0 heterocycles. The minimum Gasteiger partial charge on any atom is -0.100 e. The third kappa shape index (κ3) is 2.88. The molecule has 0 amide bonds. The Balaban J connectivity index is 2.24. The van der Waals surface area contributed by atoms with E-state index in [2.05, 4.69) is 80.3 Å². The van der Waals surface area contributed by atoms with E-state index in [1.165, 1.54) is 22.3 Å². The van der Waals surface area contributed by atoms with Crippen LogP contribution in [0.3, 0.4) is 0 Å². The van der Waals surface area contributed by atoms with Crippen LogP contribution in [-0.4, -0.2) is 7.74 Å². The van der Waals surface area contributed by atoms with Gasteiger partial charge in [0, 0.05) is 5.66 Å². The zero-order valence-corrected chi connectivity index (χ0v) is 15.3. The first-order valence-electron chi connectivity index (χ1n) is 7.29. The van der Waals surface area contributed by atoms with Gasteiger partial charge in [-0.15, -0.1) is 11.2 Å². The van der Waals surface area contributed by atoms with Crippen LogP contribution in [0.2, 0.25) is 19.6 Å². The highest BCUT2D eigenvalue weighted by Crippen LogP contribution is 2.65. The van der Waals surface area contributed by atoms with Gasteiger partial charge in [-0.3, -0.25) is 0 Å². The molecule has 0 saturated carbocycles. The van der Waals surface area contributed by atoms with Gasteiger partial charge in [-0.25, -0.2) is 0 Å². The molecule has 1 atom stereocenters. The lowest BCUT2D eigenvalue weighted by molar-refractivity contribution is 1.14. The maximum absolute atomic E-state index is 7.06. The fourth-order valence-electron chi connectivity index (χ4n) is 2.80. The highest BCUT2D eigenvalue weighted by atomic mass is 35.7. The normalized spacial score (nSPS) is 16.0. The molecule has 0 fully saturated rings. The van der Waals surface area contributed by atoms with E-state index < -0.39 is 14.6 Å². The SMILES string of the molecule is C[Si](C)(C)P(Cl)C1c2ccccc2C=Cc2ccccc21. The fourth-order valence-corrected chi connectivity index (χ4v) is 8.32. The van der Waals surface area contributed by atoms with E-state index in [1.807, 2.05) is 0 Å². The number of hydrogen-bond donors (Lipinski definition) is 0. The summed E-state index contributed by atoms with van der Waals surface area (Å²) in [6, 6.07) is 17.4. The molecule has 0 radical (unpaired) electrons. The Kier molecular flexibility index (Phi) is 4.09. The molecule has 0 saturated heterocycles. The standard InChI is InChI=1S/C18H20ClPSi/c1-21(2,3)20(19)18-16-10-6-4-8-14(16)12-13-15-9-5-7-11-17(15)18/h4-13,18H,1-3H3. The quantitative estimate of drug-likeness (QED) is 0.423. The monoisotopic (exact) mass is 330 g/mol. The first kappa shape index (κ1) is 15.0. The van der Waals surface area contributed by atoms with Crippen LogP contribution in [0.5, 0.6) is 0 Å². The summed E-state index contributed by atoms with van der Waals surface area (Å²) in [7, 11) is -1.40. The topological polar surface area (TPSA) is 0 Å². The maximum Gasteiger partial charge on any atom is 0.0918 e. The Hall–Kier alpha value is -0.883. The largest absolute Gasteiger partial charge is 0.100 e. The molecule has 1 aliphatic carbocycles. The van der Waals surface area contributed by atoms with Gasteiger partial charge in [-0.05, 0) is 29.1 Å². The van der Waals surface area contributed by atoms with Crippen LogP contribution in [0.25, 0.3) is 12.2 Å². The summed E-state index contributed by atoms with van der Waals surface area (Å²) in [6.07, 6.45) is 4.47. The van der Waals surface area contributed by atoms with Crippen LogP contribution in [0.15, 0.2) is 48.5 Å². The van der Waals surface area contributed by atoms with Gasteiger partial charge in [0.15, 0.2) is 0 Å². The summed E-state index contributed by atoms with van der Waals surface area (Å²) in [5.41, 5.74) is 5.75. The molecule has 0 aliphatic heterocycles. The molecule has 3 heteroatoms. The summed E-state index contributed by atoms with van der Waals surface area (Å²) in [4.78, 5) is 0. The first-order valence-corrected chi connectivity index (χ1v) is 14.0. The Morgan fingerprint density at radius 3 is 1.67 bits per heavy atom. The van der Waals surface area contributed by atoms with E-state index in [0.29, 0.717) is 5.66 Å². The third-order valence-electron chi connectivity index (χ3n) is 3.89. The number of halogens is 1. The summed E-state index contributed by atoms with van der Waals surface area (Å²) in [5.74, 6) is 0. The molecule has 0 bridgehead atoms. The van der Waals surface area contributed by atoms with Gasteiger partial charge in [-0.2, -0.15) is 0 Å². The van der Waals surface area contributed by atoms with Crippen LogP contribution >= 0.6 is 18.1 Å². The minimum absolute atomic E-state index is 0.343. The number of hydrogen-bond acceptors (Lipinski definition) is 0. The minimum atomic E-state index is -1.40. The van der Waals surface area contributed by atoms with E-state index in [4.69, 9.17) is 11.2 Å². The van der Waals surface area contributed by atoms with E-state index in [9.17, 15) is 0 Å². The van der Waals surface area contributed by atoms with Crippen molar-refractivity contribution in [1.82, 2.24) is 0 Å². The van der Waals surface area contributed by atoms with E-state index >= 15 is 0 Å². The summed E-state index contributed by atoms with van der Waals surface area (Å²) in [5, 5.41) is 0. The molecule has 0 spiro atoms. The van der Waals surface area contributed by atoms with Gasteiger partial charge in [0.1, 0.15) is 0 Å². The second-order valence-electron chi connectivity index (χ2n) is 6.48. The van der Waals surface area contributed by atoms with E-state index in [-0.39, 0.29) is 0 Å². The van der Waals surface area contributed by atoms with Crippen LogP contribution in [0.4, 0.5) is 0 Å². The molecule has 21 heavy (non-hydrogen) atoms. The Labute approximate surface area is 134 Å². The third-order valence-corrected chi connectivity index (χ3v) is 16.0. The molecule has 2 aromatic carbocycles. The number of rotatable bonds is 2. The number of benzene rings is 2. The molecular formula is C18H20ClPSi. The molecule has 2 aromatic rings. The van der Waals surface area contributed by atoms with Crippen LogP contribution < -0.4 is 0 Å². The smallest absolute Gasteiger partial charge is 0.0918 e. The molecule has 1 aliphatic rings. The lowest BCUT2D eigenvalue weighted by Gasteiger charge is -2.33. The second-order valence-corrected chi connectivity index (χ2v) is 19.4. The van der Waals surface area contributed by atoms with Crippen molar-refractivity contribution in [3.05, 3.63) is 70.8 Å². The predicted molar refractivity (Wildman–Crippen MR) is 99.8 cm³/mol. The van der Waals surface area contributed by atoms with Gasteiger partial charge < -0.3 is 0 Å². The molecule has 0 nitrogen and oxygen atoms in total. The van der Waals surface area contributed by atoms with Crippen molar-refractivity contribution in [2.45, 2.75) is 25.3 Å². The zero-order chi connectivity index (χ0) is 15.0. The summed E-state index contributed by atoms with van der Waals surface area (Å²) < 4.78 is 0. The zero-order valence-electron chi connectivity index (χ0n) is 12.7. The second kappa shape index (κ2) is 5.72.